The molecule has 0 bridgehead atoms. The molecule has 1 saturated carbocycles. The van der Waals surface area contributed by atoms with Gasteiger partial charge in [0.25, 0.3) is 0 Å². The number of alkyl halides is 3. The lowest BCUT2D eigenvalue weighted by atomic mass is 9.80. The number of hydrogen-bond donors (Lipinski definition) is 1. The smallest absolute Gasteiger partial charge is 0.365 e. The Morgan fingerprint density at radius 3 is 2.54 bits per heavy atom. The van der Waals surface area contributed by atoms with Gasteiger partial charge in [0.05, 0.1) is 5.56 Å². The molecule has 200 valence electrons. The predicted octanol–water partition coefficient (Wildman–Crippen LogP) is 6.85. The van der Waals surface area contributed by atoms with Gasteiger partial charge < -0.3 is 9.88 Å². The minimum atomic E-state index is -4.42. The van der Waals surface area contributed by atoms with E-state index in [2.05, 4.69) is 27.2 Å². The van der Waals surface area contributed by atoms with Gasteiger partial charge in [-0.15, -0.1) is 0 Å². The number of anilines is 1. The van der Waals surface area contributed by atoms with Crippen LogP contribution in [0.3, 0.4) is 0 Å². The first kappa shape index (κ1) is 26.4. The summed E-state index contributed by atoms with van der Waals surface area (Å²) in [6.45, 7) is 6.25. The Morgan fingerprint density at radius 2 is 1.92 bits per heavy atom. The summed E-state index contributed by atoms with van der Waals surface area (Å²) in [5.41, 5.74) is 3.44. The second kappa shape index (κ2) is 10.5. The van der Waals surface area contributed by atoms with Crippen molar-refractivity contribution < 1.29 is 13.2 Å². The summed E-state index contributed by atoms with van der Waals surface area (Å²) in [6.07, 6.45) is 2.69. The van der Waals surface area contributed by atoms with E-state index in [4.69, 9.17) is 4.98 Å². The molecule has 1 unspecified atom stereocenters. The van der Waals surface area contributed by atoms with Crippen molar-refractivity contribution in [1.29, 1.82) is 5.26 Å². The van der Waals surface area contributed by atoms with E-state index in [-0.39, 0.29) is 18.4 Å². The minimum Gasteiger partial charge on any atom is -0.365 e. The van der Waals surface area contributed by atoms with Crippen LogP contribution in [0, 0.1) is 17.2 Å². The van der Waals surface area contributed by atoms with Gasteiger partial charge in [0, 0.05) is 18.8 Å². The van der Waals surface area contributed by atoms with Crippen LogP contribution in [-0.4, -0.2) is 30.5 Å². The van der Waals surface area contributed by atoms with E-state index in [1.165, 1.54) is 18.6 Å². The van der Waals surface area contributed by atoms with Crippen LogP contribution in [0.15, 0.2) is 48.7 Å². The summed E-state index contributed by atoms with van der Waals surface area (Å²) >= 11 is 0. The topological polar surface area (TPSA) is 92.3 Å². The number of halogens is 3. The van der Waals surface area contributed by atoms with Crippen LogP contribution < -0.4 is 5.32 Å². The first-order valence-electron chi connectivity index (χ1n) is 12.9. The van der Waals surface area contributed by atoms with E-state index < -0.39 is 11.7 Å². The lowest BCUT2D eigenvalue weighted by Crippen LogP contribution is -2.31. The maximum absolute atomic E-state index is 13.2. The molecule has 7 nitrogen and oxygen atoms in total. The van der Waals surface area contributed by atoms with Crippen molar-refractivity contribution in [2.45, 2.75) is 58.8 Å². The molecular formula is C29H28F3N7. The van der Waals surface area contributed by atoms with E-state index >= 15 is 0 Å². The maximum atomic E-state index is 13.2. The normalized spacial score (nSPS) is 15.2. The quantitative estimate of drug-likeness (QED) is 0.280. The Hall–Kier alpha value is -4.26. The summed E-state index contributed by atoms with van der Waals surface area (Å²) in [7, 11) is 0. The molecule has 5 rings (SSSR count). The largest absolute Gasteiger partial charge is 0.416 e. The van der Waals surface area contributed by atoms with Crippen molar-refractivity contribution in [3.05, 3.63) is 71.2 Å². The van der Waals surface area contributed by atoms with Crippen molar-refractivity contribution in [1.82, 2.24) is 24.5 Å². The molecule has 1 atom stereocenters. The standard InChI is InChI=1S/C29H28F3N7/c1-4-17(2)21-12-13-34-23(14-21)28-38-27-25(39(28)16-19-8-10-22(11-9-19)29(30,31)32)26(36-24(15-33)37-27)35-18(3)20-6-5-7-20/h4,8-14,18,20H,5-7,16H2,1-3H3,(H,35,36,37). The number of imidazole rings is 1. The van der Waals surface area contributed by atoms with Crippen LogP contribution >= 0.6 is 0 Å². The van der Waals surface area contributed by atoms with Crippen molar-refractivity contribution >= 4 is 22.6 Å². The molecule has 4 aromatic rings. The van der Waals surface area contributed by atoms with Crippen LogP contribution in [0.4, 0.5) is 19.0 Å². The molecule has 0 aliphatic heterocycles. The number of nitrogens with zero attached hydrogens (tertiary/aromatic N) is 6. The Bertz CT molecular complexity index is 1580. The molecule has 1 fully saturated rings. The highest BCUT2D eigenvalue weighted by atomic mass is 19.4. The van der Waals surface area contributed by atoms with Gasteiger partial charge in [0.2, 0.25) is 5.82 Å². The van der Waals surface area contributed by atoms with E-state index in [0.29, 0.717) is 40.0 Å². The zero-order chi connectivity index (χ0) is 27.7. The second-order valence-electron chi connectivity index (χ2n) is 9.92. The third kappa shape index (κ3) is 5.35. The van der Waals surface area contributed by atoms with Gasteiger partial charge in [-0.25, -0.2) is 4.98 Å². The molecule has 3 aromatic heterocycles. The number of nitriles is 1. The molecular weight excluding hydrogens is 503 g/mol. The molecule has 3 heterocycles. The molecule has 1 N–H and O–H groups in total. The monoisotopic (exact) mass is 531 g/mol. The fourth-order valence-corrected chi connectivity index (χ4v) is 4.76. The third-order valence-electron chi connectivity index (χ3n) is 7.42. The number of hydrogen-bond acceptors (Lipinski definition) is 6. The number of fused-ring (bicyclic) bond motifs is 1. The summed E-state index contributed by atoms with van der Waals surface area (Å²) in [4.78, 5) is 18.2. The summed E-state index contributed by atoms with van der Waals surface area (Å²) in [6, 6.07) is 11.0. The summed E-state index contributed by atoms with van der Waals surface area (Å²) in [5.74, 6) is 1.44. The lowest BCUT2D eigenvalue weighted by Gasteiger charge is -2.32. The first-order valence-corrected chi connectivity index (χ1v) is 12.9. The number of nitrogens with one attached hydrogen (secondary N) is 1. The first-order chi connectivity index (χ1) is 18.7. The van der Waals surface area contributed by atoms with Crippen molar-refractivity contribution in [2.24, 2.45) is 5.92 Å². The van der Waals surface area contributed by atoms with Crippen molar-refractivity contribution in [2.75, 3.05) is 5.32 Å². The van der Waals surface area contributed by atoms with Gasteiger partial charge in [0.15, 0.2) is 17.3 Å². The average molecular weight is 532 g/mol. The minimum absolute atomic E-state index is 0.0111. The molecule has 39 heavy (non-hydrogen) atoms. The van der Waals surface area contributed by atoms with E-state index in [1.54, 1.807) is 6.20 Å². The number of rotatable bonds is 7. The van der Waals surface area contributed by atoms with Crippen LogP contribution in [-0.2, 0) is 12.7 Å². The number of benzene rings is 1. The summed E-state index contributed by atoms with van der Waals surface area (Å²) in [5, 5.41) is 13.1. The predicted molar refractivity (Wildman–Crippen MR) is 144 cm³/mol. The average Bonchev–Trinajstić information content (AvgIpc) is 3.25. The van der Waals surface area contributed by atoms with Gasteiger partial charge in [-0.1, -0.05) is 24.6 Å². The lowest BCUT2D eigenvalue weighted by molar-refractivity contribution is -0.137. The second-order valence-corrected chi connectivity index (χ2v) is 9.92. The molecule has 0 spiro atoms. The highest BCUT2D eigenvalue weighted by molar-refractivity contribution is 5.87. The third-order valence-corrected chi connectivity index (χ3v) is 7.42. The fourth-order valence-electron chi connectivity index (χ4n) is 4.76. The Labute approximate surface area is 224 Å². The van der Waals surface area contributed by atoms with Crippen LogP contribution in [0.2, 0.25) is 0 Å². The van der Waals surface area contributed by atoms with Gasteiger partial charge >= 0.3 is 6.18 Å². The number of aromatic nitrogens is 5. The van der Waals surface area contributed by atoms with Gasteiger partial charge in [0.1, 0.15) is 17.3 Å². The SMILES string of the molecule is CC=C(C)c1ccnc(-c2nc3nc(C#N)nc(NC(C)C4CCC4)c3n2Cc2ccc(C(F)(F)F)cc2)c1. The number of allylic oxidation sites excluding steroid dienone is 2. The zero-order valence-corrected chi connectivity index (χ0v) is 21.9. The zero-order valence-electron chi connectivity index (χ0n) is 21.9. The van der Waals surface area contributed by atoms with Gasteiger partial charge in [-0.2, -0.15) is 28.4 Å². The molecule has 0 amide bonds. The van der Waals surface area contributed by atoms with Crippen LogP contribution in [0.25, 0.3) is 28.3 Å². The summed E-state index contributed by atoms with van der Waals surface area (Å²) < 4.78 is 41.4. The highest BCUT2D eigenvalue weighted by Gasteiger charge is 2.30. The van der Waals surface area contributed by atoms with E-state index in [1.807, 2.05) is 42.7 Å². The van der Waals surface area contributed by atoms with Gasteiger partial charge in [-0.05, 0) is 80.5 Å². The molecule has 0 saturated heterocycles. The van der Waals surface area contributed by atoms with E-state index in [0.717, 1.165) is 36.1 Å². The van der Waals surface area contributed by atoms with Crippen molar-refractivity contribution in [3.8, 4) is 17.6 Å². The maximum Gasteiger partial charge on any atom is 0.416 e. The highest BCUT2D eigenvalue weighted by Crippen LogP contribution is 2.34. The molecule has 1 aromatic carbocycles. The number of pyridine rings is 1. The Balaban J connectivity index is 1.68. The van der Waals surface area contributed by atoms with E-state index in [9.17, 15) is 18.4 Å². The van der Waals surface area contributed by atoms with Crippen molar-refractivity contribution in [3.63, 3.8) is 0 Å². The molecule has 0 radical (unpaired) electrons. The Morgan fingerprint density at radius 1 is 1.18 bits per heavy atom. The fraction of sp³-hybridized carbons (Fsp3) is 0.345. The molecule has 10 heteroatoms. The molecule has 1 aliphatic rings. The van der Waals surface area contributed by atoms with Gasteiger partial charge in [-0.3, -0.25) is 4.98 Å². The van der Waals surface area contributed by atoms with Crippen LogP contribution in [0.5, 0.6) is 0 Å². The van der Waals surface area contributed by atoms with Crippen LogP contribution in [0.1, 0.15) is 62.5 Å². The Kier molecular flexibility index (Phi) is 7.08. The molecule has 1 aliphatic carbocycles.